The lowest BCUT2D eigenvalue weighted by Crippen LogP contribution is -2.07. The van der Waals surface area contributed by atoms with Crippen molar-refractivity contribution in [3.05, 3.63) is 84.7 Å². The van der Waals surface area contributed by atoms with E-state index in [9.17, 15) is 0 Å². The summed E-state index contributed by atoms with van der Waals surface area (Å²) in [6, 6.07) is 20.8. The summed E-state index contributed by atoms with van der Waals surface area (Å²) in [5, 5.41) is 0. The van der Waals surface area contributed by atoms with Gasteiger partial charge in [0.05, 0.1) is 11.4 Å². The first-order valence-electron chi connectivity index (χ1n) is 10.0. The summed E-state index contributed by atoms with van der Waals surface area (Å²) in [6.07, 6.45) is 6.08. The topological polar surface area (TPSA) is 35.6 Å². The highest BCUT2D eigenvalue weighted by Gasteiger charge is 2.12. The van der Waals surface area contributed by atoms with E-state index >= 15 is 0 Å². The normalized spacial score (nSPS) is 11.1. The molecule has 0 aliphatic rings. The summed E-state index contributed by atoms with van der Waals surface area (Å²) in [5.41, 5.74) is 4.41. The maximum absolute atomic E-state index is 4.91. The van der Waals surface area contributed by atoms with Gasteiger partial charge in [-0.15, -0.1) is 0 Å². The zero-order chi connectivity index (χ0) is 19.3. The molecule has 4 nitrogen and oxygen atoms in total. The van der Waals surface area contributed by atoms with Gasteiger partial charge in [0.15, 0.2) is 0 Å². The number of benzene rings is 2. The summed E-state index contributed by atoms with van der Waals surface area (Å²) in [6.45, 7) is 6.18. The van der Waals surface area contributed by atoms with E-state index in [0.29, 0.717) is 0 Å². The molecule has 28 heavy (non-hydrogen) atoms. The van der Waals surface area contributed by atoms with Crippen molar-refractivity contribution in [2.45, 2.75) is 39.8 Å². The van der Waals surface area contributed by atoms with Crippen LogP contribution in [0.3, 0.4) is 0 Å². The van der Waals surface area contributed by atoms with Crippen molar-refractivity contribution in [1.29, 1.82) is 0 Å². The predicted molar refractivity (Wildman–Crippen MR) is 114 cm³/mol. The standard InChI is InChI=1S/C24H26N4/c1-3-27-17-21(19-11-7-5-8-12-19)25-23(27)15-16-24-26-22(18-28(24)4-2)20-13-9-6-10-14-20/h5-14,17-18H,3-4,15-16H2,1-2H3. The Balaban J connectivity index is 1.56. The van der Waals surface area contributed by atoms with Crippen molar-refractivity contribution in [2.24, 2.45) is 0 Å². The van der Waals surface area contributed by atoms with Gasteiger partial charge in [-0.05, 0) is 13.8 Å². The smallest absolute Gasteiger partial charge is 0.109 e. The Morgan fingerprint density at radius 3 is 1.36 bits per heavy atom. The largest absolute Gasteiger partial charge is 0.335 e. The van der Waals surface area contributed by atoms with Crippen LogP contribution in [-0.2, 0) is 25.9 Å². The van der Waals surface area contributed by atoms with E-state index in [0.717, 1.165) is 60.1 Å². The minimum Gasteiger partial charge on any atom is -0.335 e. The zero-order valence-electron chi connectivity index (χ0n) is 16.5. The average molecular weight is 371 g/mol. The monoisotopic (exact) mass is 370 g/mol. The quantitative estimate of drug-likeness (QED) is 0.446. The molecule has 4 aromatic rings. The fourth-order valence-electron chi connectivity index (χ4n) is 3.57. The molecule has 2 heterocycles. The molecule has 0 atom stereocenters. The van der Waals surface area contributed by atoms with Crippen molar-refractivity contribution in [1.82, 2.24) is 19.1 Å². The Labute approximate surface area is 166 Å². The minimum atomic E-state index is 0.881. The molecule has 142 valence electrons. The lowest BCUT2D eigenvalue weighted by atomic mass is 10.2. The van der Waals surface area contributed by atoms with Crippen molar-refractivity contribution >= 4 is 0 Å². The van der Waals surface area contributed by atoms with Crippen LogP contribution in [0.5, 0.6) is 0 Å². The molecule has 0 unspecified atom stereocenters. The van der Waals surface area contributed by atoms with Gasteiger partial charge < -0.3 is 9.13 Å². The third kappa shape index (κ3) is 3.77. The summed E-state index contributed by atoms with van der Waals surface area (Å²) >= 11 is 0. The molecule has 4 heteroatoms. The Bertz CT molecular complexity index is 943. The summed E-state index contributed by atoms with van der Waals surface area (Å²) in [7, 11) is 0. The van der Waals surface area contributed by atoms with Gasteiger partial charge in [-0.1, -0.05) is 60.7 Å². The Hall–Kier alpha value is -3.14. The molecule has 0 saturated heterocycles. The van der Waals surface area contributed by atoms with Crippen molar-refractivity contribution < 1.29 is 0 Å². The van der Waals surface area contributed by atoms with Crippen LogP contribution in [0.15, 0.2) is 73.1 Å². The Morgan fingerprint density at radius 2 is 1.00 bits per heavy atom. The molecule has 4 rings (SSSR count). The van der Waals surface area contributed by atoms with E-state index in [4.69, 9.17) is 9.97 Å². The van der Waals surface area contributed by atoms with Gasteiger partial charge in [-0.25, -0.2) is 9.97 Å². The first-order chi connectivity index (χ1) is 13.8. The average Bonchev–Trinajstić information content (AvgIpc) is 3.37. The fraction of sp³-hybridized carbons (Fsp3) is 0.250. The second kappa shape index (κ2) is 8.26. The summed E-state index contributed by atoms with van der Waals surface area (Å²) in [5.74, 6) is 2.24. The van der Waals surface area contributed by atoms with E-state index in [2.05, 4.69) is 83.9 Å². The van der Waals surface area contributed by atoms with E-state index in [1.165, 1.54) is 0 Å². The number of rotatable bonds is 7. The van der Waals surface area contributed by atoms with Crippen LogP contribution >= 0.6 is 0 Å². The molecule has 0 fully saturated rings. The molecule has 2 aromatic carbocycles. The Morgan fingerprint density at radius 1 is 0.607 bits per heavy atom. The first-order valence-corrected chi connectivity index (χ1v) is 10.0. The van der Waals surface area contributed by atoms with Crippen molar-refractivity contribution in [3.63, 3.8) is 0 Å². The van der Waals surface area contributed by atoms with Crippen LogP contribution in [0.2, 0.25) is 0 Å². The summed E-state index contributed by atoms with van der Waals surface area (Å²) in [4.78, 5) is 9.83. The minimum absolute atomic E-state index is 0.881. The molecule has 0 bridgehead atoms. The summed E-state index contributed by atoms with van der Waals surface area (Å²) < 4.78 is 4.50. The van der Waals surface area contributed by atoms with Crippen LogP contribution in [0, 0.1) is 0 Å². The SMILES string of the molecule is CCn1cc(-c2ccccc2)nc1CCc1nc(-c2ccccc2)cn1CC. The van der Waals surface area contributed by atoms with E-state index < -0.39 is 0 Å². The first kappa shape index (κ1) is 18.2. The van der Waals surface area contributed by atoms with Gasteiger partial charge >= 0.3 is 0 Å². The van der Waals surface area contributed by atoms with Crippen LogP contribution in [0.4, 0.5) is 0 Å². The van der Waals surface area contributed by atoms with E-state index in [1.807, 2.05) is 12.1 Å². The van der Waals surface area contributed by atoms with Crippen LogP contribution in [-0.4, -0.2) is 19.1 Å². The lowest BCUT2D eigenvalue weighted by Gasteiger charge is -2.06. The molecule has 2 aromatic heterocycles. The number of imidazole rings is 2. The molecule has 0 radical (unpaired) electrons. The zero-order valence-corrected chi connectivity index (χ0v) is 16.5. The number of nitrogens with zero attached hydrogens (tertiary/aromatic N) is 4. The van der Waals surface area contributed by atoms with Gasteiger partial charge in [0, 0.05) is 49.5 Å². The highest BCUT2D eigenvalue weighted by Crippen LogP contribution is 2.21. The second-order valence-electron chi connectivity index (χ2n) is 6.89. The van der Waals surface area contributed by atoms with Gasteiger partial charge in [-0.2, -0.15) is 0 Å². The molecular weight excluding hydrogens is 344 g/mol. The fourth-order valence-corrected chi connectivity index (χ4v) is 3.57. The van der Waals surface area contributed by atoms with Gasteiger partial charge in [0.25, 0.3) is 0 Å². The maximum Gasteiger partial charge on any atom is 0.109 e. The highest BCUT2D eigenvalue weighted by molar-refractivity contribution is 5.59. The lowest BCUT2D eigenvalue weighted by molar-refractivity contribution is 0.649. The van der Waals surface area contributed by atoms with Crippen molar-refractivity contribution in [3.8, 4) is 22.5 Å². The maximum atomic E-state index is 4.91. The number of aromatic nitrogens is 4. The van der Waals surface area contributed by atoms with Crippen molar-refractivity contribution in [2.75, 3.05) is 0 Å². The van der Waals surface area contributed by atoms with Gasteiger partial charge in [-0.3, -0.25) is 0 Å². The molecule has 0 spiro atoms. The molecule has 0 aliphatic heterocycles. The number of hydrogen-bond donors (Lipinski definition) is 0. The van der Waals surface area contributed by atoms with E-state index in [1.54, 1.807) is 0 Å². The van der Waals surface area contributed by atoms with Gasteiger partial charge in [0.2, 0.25) is 0 Å². The number of aryl methyl sites for hydroxylation is 4. The Kier molecular flexibility index (Phi) is 5.38. The molecule has 0 aliphatic carbocycles. The second-order valence-corrected chi connectivity index (χ2v) is 6.89. The predicted octanol–water partition coefficient (Wildman–Crippen LogP) is 5.24. The van der Waals surface area contributed by atoms with Gasteiger partial charge in [0.1, 0.15) is 11.6 Å². The molecule has 0 N–H and O–H groups in total. The molecule has 0 saturated carbocycles. The third-order valence-electron chi connectivity index (χ3n) is 5.11. The highest BCUT2D eigenvalue weighted by atomic mass is 15.1. The van der Waals surface area contributed by atoms with Crippen LogP contribution < -0.4 is 0 Å². The third-order valence-corrected chi connectivity index (χ3v) is 5.11. The molecule has 0 amide bonds. The number of hydrogen-bond acceptors (Lipinski definition) is 2. The molecular formula is C24H26N4. The van der Waals surface area contributed by atoms with Crippen LogP contribution in [0.1, 0.15) is 25.5 Å². The van der Waals surface area contributed by atoms with Crippen LogP contribution in [0.25, 0.3) is 22.5 Å². The van der Waals surface area contributed by atoms with E-state index in [-0.39, 0.29) is 0 Å².